The van der Waals surface area contributed by atoms with Crippen LogP contribution < -0.4 is 4.90 Å². The molecule has 1 aliphatic heterocycles. The minimum absolute atomic E-state index is 0.0877. The lowest BCUT2D eigenvalue weighted by Gasteiger charge is -2.43. The van der Waals surface area contributed by atoms with E-state index in [9.17, 15) is 9.59 Å². The smallest absolute Gasteiger partial charge is 0.350 e. The van der Waals surface area contributed by atoms with Crippen LogP contribution in [0, 0.1) is 23.2 Å². The molecule has 0 N–H and O–H groups in total. The first-order chi connectivity index (χ1) is 14.7. The predicted molar refractivity (Wildman–Crippen MR) is 124 cm³/mol. The number of nitrogens with zero attached hydrogens (tertiary/aromatic N) is 1. The number of rotatable bonds is 5. The van der Waals surface area contributed by atoms with Crippen molar-refractivity contribution >= 4 is 28.9 Å². The fourth-order valence-electron chi connectivity index (χ4n) is 4.27. The molecule has 1 amide bonds. The molecule has 2 aliphatic rings. The van der Waals surface area contributed by atoms with Gasteiger partial charge in [0.15, 0.2) is 0 Å². The Morgan fingerprint density at radius 3 is 2.68 bits per heavy atom. The zero-order chi connectivity index (χ0) is 22.6. The van der Waals surface area contributed by atoms with Crippen LogP contribution in [0.2, 0.25) is 0 Å². The van der Waals surface area contributed by atoms with Gasteiger partial charge in [0.1, 0.15) is 11.0 Å². The van der Waals surface area contributed by atoms with Crippen molar-refractivity contribution in [2.24, 2.45) is 11.3 Å². The Kier molecular flexibility index (Phi) is 7.61. The van der Waals surface area contributed by atoms with Crippen molar-refractivity contribution in [2.45, 2.75) is 71.4 Å². The maximum absolute atomic E-state index is 13.5. The Morgan fingerprint density at radius 2 is 2.06 bits per heavy atom. The minimum Gasteiger partial charge on any atom is -0.465 e. The lowest BCUT2D eigenvalue weighted by molar-refractivity contribution is -0.137. The SMILES string of the molecule is C=CCC1OCC(C2CCCCC2)N(c2cc(C#CC(C)(C)C)sc2C(=O)OC)C1=O. The van der Waals surface area contributed by atoms with Crippen LogP contribution in [0.5, 0.6) is 0 Å². The molecule has 2 heterocycles. The molecule has 2 atom stereocenters. The van der Waals surface area contributed by atoms with Crippen molar-refractivity contribution in [3.05, 3.63) is 28.5 Å². The topological polar surface area (TPSA) is 55.8 Å². The molecule has 1 aromatic heterocycles. The first-order valence-electron chi connectivity index (χ1n) is 11.1. The highest BCUT2D eigenvalue weighted by Crippen LogP contribution is 2.39. The molecule has 0 radical (unpaired) electrons. The molecule has 0 aromatic carbocycles. The number of carbonyl (C=O) groups is 2. The molecule has 3 rings (SSSR count). The Labute approximate surface area is 189 Å². The van der Waals surface area contributed by atoms with Gasteiger partial charge in [0.25, 0.3) is 5.91 Å². The maximum Gasteiger partial charge on any atom is 0.350 e. The van der Waals surface area contributed by atoms with Crippen molar-refractivity contribution in [1.82, 2.24) is 0 Å². The predicted octanol–water partition coefficient (Wildman–Crippen LogP) is 5.19. The number of anilines is 1. The molecule has 0 bridgehead atoms. The zero-order valence-corrected chi connectivity index (χ0v) is 19.8. The molecule has 1 aliphatic carbocycles. The average Bonchev–Trinajstić information content (AvgIpc) is 3.17. The van der Waals surface area contributed by atoms with Gasteiger partial charge in [-0.15, -0.1) is 17.9 Å². The molecule has 1 saturated heterocycles. The Morgan fingerprint density at radius 1 is 1.35 bits per heavy atom. The van der Waals surface area contributed by atoms with Gasteiger partial charge in [-0.25, -0.2) is 4.79 Å². The van der Waals surface area contributed by atoms with Crippen LogP contribution in [-0.4, -0.2) is 37.7 Å². The lowest BCUT2D eigenvalue weighted by Crippen LogP contribution is -2.57. The third kappa shape index (κ3) is 5.58. The summed E-state index contributed by atoms with van der Waals surface area (Å²) in [6.07, 6.45) is 7.26. The summed E-state index contributed by atoms with van der Waals surface area (Å²) >= 11 is 1.29. The van der Waals surface area contributed by atoms with Crippen molar-refractivity contribution in [3.8, 4) is 11.8 Å². The first kappa shape index (κ1) is 23.6. The summed E-state index contributed by atoms with van der Waals surface area (Å²) in [7, 11) is 1.37. The summed E-state index contributed by atoms with van der Waals surface area (Å²) in [5.74, 6) is 6.21. The summed E-state index contributed by atoms with van der Waals surface area (Å²) in [6, 6.07) is 1.79. The van der Waals surface area contributed by atoms with Gasteiger partial charge < -0.3 is 14.4 Å². The van der Waals surface area contributed by atoms with Crippen molar-refractivity contribution in [3.63, 3.8) is 0 Å². The van der Waals surface area contributed by atoms with Crippen LogP contribution in [0.3, 0.4) is 0 Å². The molecular formula is C25H33NO4S. The molecular weight excluding hydrogens is 410 g/mol. The quantitative estimate of drug-likeness (QED) is 0.357. The number of ether oxygens (including phenoxy) is 2. The molecule has 2 unspecified atom stereocenters. The summed E-state index contributed by atoms with van der Waals surface area (Å²) in [6.45, 7) is 10.4. The van der Waals surface area contributed by atoms with E-state index in [-0.39, 0.29) is 17.4 Å². The van der Waals surface area contributed by atoms with E-state index in [1.54, 1.807) is 6.08 Å². The van der Waals surface area contributed by atoms with E-state index >= 15 is 0 Å². The number of morpholine rings is 1. The van der Waals surface area contributed by atoms with Gasteiger partial charge in [0.05, 0.1) is 30.3 Å². The van der Waals surface area contributed by atoms with E-state index in [0.29, 0.717) is 29.5 Å². The van der Waals surface area contributed by atoms with Gasteiger partial charge in [0.2, 0.25) is 0 Å². The van der Waals surface area contributed by atoms with Crippen LogP contribution in [-0.2, 0) is 14.3 Å². The maximum atomic E-state index is 13.5. The van der Waals surface area contributed by atoms with Crippen LogP contribution in [0.25, 0.3) is 0 Å². The van der Waals surface area contributed by atoms with E-state index in [0.717, 1.165) is 30.6 Å². The molecule has 31 heavy (non-hydrogen) atoms. The van der Waals surface area contributed by atoms with Gasteiger partial charge in [0, 0.05) is 11.8 Å². The van der Waals surface area contributed by atoms with E-state index in [4.69, 9.17) is 9.47 Å². The zero-order valence-electron chi connectivity index (χ0n) is 19.0. The third-order valence-electron chi connectivity index (χ3n) is 5.79. The van der Waals surface area contributed by atoms with Crippen LogP contribution >= 0.6 is 11.3 Å². The van der Waals surface area contributed by atoms with Crippen molar-refractivity contribution in [1.29, 1.82) is 0 Å². The minimum atomic E-state index is -0.577. The van der Waals surface area contributed by atoms with E-state index in [1.165, 1.54) is 24.9 Å². The second-order valence-electron chi connectivity index (χ2n) is 9.34. The molecule has 168 valence electrons. The average molecular weight is 444 g/mol. The Bertz CT molecular complexity index is 880. The highest BCUT2D eigenvalue weighted by atomic mass is 32.1. The highest BCUT2D eigenvalue weighted by molar-refractivity contribution is 7.15. The van der Waals surface area contributed by atoms with Gasteiger partial charge >= 0.3 is 5.97 Å². The monoisotopic (exact) mass is 443 g/mol. The largest absolute Gasteiger partial charge is 0.465 e. The number of amides is 1. The molecule has 5 nitrogen and oxygen atoms in total. The number of hydrogen-bond donors (Lipinski definition) is 0. The van der Waals surface area contributed by atoms with Gasteiger partial charge in [-0.05, 0) is 45.6 Å². The van der Waals surface area contributed by atoms with Crippen LogP contribution in [0.4, 0.5) is 5.69 Å². The third-order valence-corrected chi connectivity index (χ3v) is 6.81. The molecule has 0 spiro atoms. The summed E-state index contributed by atoms with van der Waals surface area (Å²) < 4.78 is 11.0. The number of thiophene rings is 1. The number of methoxy groups -OCH3 is 1. The fraction of sp³-hybridized carbons (Fsp3) is 0.600. The van der Waals surface area contributed by atoms with Crippen molar-refractivity contribution < 1.29 is 19.1 Å². The second kappa shape index (κ2) is 10.0. The summed E-state index contributed by atoms with van der Waals surface area (Å²) in [4.78, 5) is 29.2. The molecule has 2 fully saturated rings. The summed E-state index contributed by atoms with van der Waals surface area (Å²) in [5.41, 5.74) is 0.442. The second-order valence-corrected chi connectivity index (χ2v) is 10.4. The highest BCUT2D eigenvalue weighted by Gasteiger charge is 2.42. The van der Waals surface area contributed by atoms with E-state index in [1.807, 2.05) is 31.7 Å². The number of esters is 1. The van der Waals surface area contributed by atoms with Crippen molar-refractivity contribution in [2.75, 3.05) is 18.6 Å². The lowest BCUT2D eigenvalue weighted by atomic mass is 9.82. The fourth-order valence-corrected chi connectivity index (χ4v) is 5.19. The Balaban J connectivity index is 2.06. The van der Waals surface area contributed by atoms with Gasteiger partial charge in [-0.3, -0.25) is 4.79 Å². The Hall–Kier alpha value is -2.10. The van der Waals surface area contributed by atoms with E-state index < -0.39 is 12.1 Å². The molecule has 6 heteroatoms. The summed E-state index contributed by atoms with van der Waals surface area (Å²) in [5, 5.41) is 0. The first-order valence-corrected chi connectivity index (χ1v) is 11.9. The van der Waals surface area contributed by atoms with Crippen LogP contribution in [0.1, 0.15) is 73.8 Å². The van der Waals surface area contributed by atoms with Gasteiger partial charge in [-0.1, -0.05) is 37.2 Å². The van der Waals surface area contributed by atoms with Crippen LogP contribution in [0.15, 0.2) is 18.7 Å². The number of carbonyl (C=O) groups excluding carboxylic acids is 2. The normalized spacial score (nSPS) is 22.6. The standard InChI is InChI=1S/C25H33NO4S/c1-6-10-21-23(27)26(20(16-30-21)17-11-8-7-9-12-17)19-15-18(13-14-25(2,3)4)31-22(19)24(28)29-5/h6,15,17,20-21H,1,7-12,16H2,2-5H3. The molecule has 1 saturated carbocycles. The van der Waals surface area contributed by atoms with Gasteiger partial charge in [-0.2, -0.15) is 0 Å². The molecule has 1 aromatic rings. The number of hydrogen-bond acceptors (Lipinski definition) is 5. The van der Waals surface area contributed by atoms with E-state index in [2.05, 4.69) is 18.4 Å².